The largest absolute Gasteiger partial charge is 0.361 e. The zero-order chi connectivity index (χ0) is 13.5. The van der Waals surface area contributed by atoms with E-state index in [2.05, 4.69) is 10.3 Å². The lowest BCUT2D eigenvalue weighted by Crippen LogP contribution is -2.22. The summed E-state index contributed by atoms with van der Waals surface area (Å²) >= 11 is 1.65. The Morgan fingerprint density at radius 2 is 2.44 bits per heavy atom. The van der Waals surface area contributed by atoms with Crippen molar-refractivity contribution in [3.8, 4) is 6.07 Å². The van der Waals surface area contributed by atoms with Crippen LogP contribution >= 0.6 is 11.8 Å². The Morgan fingerprint density at radius 3 is 2.94 bits per heavy atom. The van der Waals surface area contributed by atoms with Crippen molar-refractivity contribution in [1.29, 1.82) is 5.26 Å². The first-order chi connectivity index (χ1) is 8.63. The number of pyridine rings is 1. The summed E-state index contributed by atoms with van der Waals surface area (Å²) in [5.41, 5.74) is -0.226. The normalized spacial score (nSPS) is 11.6. The maximum absolute atomic E-state index is 11.0. The number of nitriles is 1. The van der Waals surface area contributed by atoms with Crippen molar-refractivity contribution in [3.63, 3.8) is 0 Å². The zero-order valence-corrected chi connectivity index (χ0v) is 11.0. The van der Waals surface area contributed by atoms with Gasteiger partial charge in [0.1, 0.15) is 11.6 Å². The fourth-order valence-corrected chi connectivity index (χ4v) is 2.21. The molecule has 18 heavy (non-hydrogen) atoms. The summed E-state index contributed by atoms with van der Waals surface area (Å²) in [4.78, 5) is 14.4. The molecule has 1 N–H and O–H groups in total. The molecule has 0 aliphatic heterocycles. The van der Waals surface area contributed by atoms with E-state index in [0.717, 1.165) is 12.2 Å². The molecule has 0 radical (unpaired) electrons. The SMILES string of the molecule is CCC(CSC)Nc1nccc(C#N)c1[N+](=O)[O-]. The molecule has 0 fully saturated rings. The Hall–Kier alpha value is -1.81. The van der Waals surface area contributed by atoms with E-state index in [9.17, 15) is 10.1 Å². The average Bonchev–Trinajstić information content (AvgIpc) is 2.37. The van der Waals surface area contributed by atoms with Gasteiger partial charge in [-0.3, -0.25) is 10.1 Å². The molecule has 1 heterocycles. The predicted octanol–water partition coefficient (Wildman–Crippen LogP) is 2.41. The third-order valence-electron chi connectivity index (χ3n) is 2.43. The van der Waals surface area contributed by atoms with Crippen LogP contribution in [0, 0.1) is 21.4 Å². The van der Waals surface area contributed by atoms with Gasteiger partial charge in [-0.1, -0.05) is 6.92 Å². The molecular formula is C11H14N4O2S. The zero-order valence-electron chi connectivity index (χ0n) is 10.2. The van der Waals surface area contributed by atoms with E-state index in [0.29, 0.717) is 0 Å². The number of hydrogen-bond donors (Lipinski definition) is 1. The van der Waals surface area contributed by atoms with Crippen LogP contribution in [0.15, 0.2) is 12.3 Å². The molecular weight excluding hydrogens is 252 g/mol. The van der Waals surface area contributed by atoms with Crippen LogP contribution in [0.3, 0.4) is 0 Å². The lowest BCUT2D eigenvalue weighted by molar-refractivity contribution is -0.384. The molecule has 7 heteroatoms. The summed E-state index contributed by atoms with van der Waals surface area (Å²) in [5.74, 6) is 0.992. The lowest BCUT2D eigenvalue weighted by atomic mass is 10.2. The van der Waals surface area contributed by atoms with Crippen LogP contribution in [0.25, 0.3) is 0 Å². The number of rotatable bonds is 6. The maximum Gasteiger partial charge on any atom is 0.328 e. The second kappa shape index (κ2) is 6.81. The molecule has 0 bridgehead atoms. The molecule has 0 aliphatic carbocycles. The Labute approximate surface area is 110 Å². The molecule has 6 nitrogen and oxygen atoms in total. The monoisotopic (exact) mass is 266 g/mol. The third kappa shape index (κ3) is 3.34. The molecule has 1 unspecified atom stereocenters. The van der Waals surface area contributed by atoms with Crippen molar-refractivity contribution in [2.45, 2.75) is 19.4 Å². The van der Waals surface area contributed by atoms with E-state index in [1.54, 1.807) is 11.8 Å². The Bertz CT molecular complexity index is 473. The van der Waals surface area contributed by atoms with Crippen molar-refractivity contribution >= 4 is 23.3 Å². The highest BCUT2D eigenvalue weighted by atomic mass is 32.2. The summed E-state index contributed by atoms with van der Waals surface area (Å²) in [6.07, 6.45) is 4.20. The van der Waals surface area contributed by atoms with Gasteiger partial charge in [-0.15, -0.1) is 0 Å². The standard InChI is InChI=1S/C11H14N4O2S/c1-3-9(7-18-2)14-11-10(15(16)17)8(6-12)4-5-13-11/h4-5,9H,3,7H2,1-2H3,(H,13,14). The summed E-state index contributed by atoms with van der Waals surface area (Å²) in [7, 11) is 0. The molecule has 0 aliphatic rings. The minimum atomic E-state index is -0.570. The first kappa shape index (κ1) is 14.3. The van der Waals surface area contributed by atoms with E-state index in [-0.39, 0.29) is 23.1 Å². The number of aromatic nitrogens is 1. The van der Waals surface area contributed by atoms with Crippen molar-refractivity contribution < 1.29 is 4.92 Å². The quantitative estimate of drug-likeness (QED) is 0.628. The van der Waals surface area contributed by atoms with Crippen LogP contribution in [-0.4, -0.2) is 28.0 Å². The Kier molecular flexibility index (Phi) is 5.39. The summed E-state index contributed by atoms with van der Waals surface area (Å²) < 4.78 is 0. The molecule has 1 rings (SSSR count). The van der Waals surface area contributed by atoms with Gasteiger partial charge >= 0.3 is 5.69 Å². The number of hydrogen-bond acceptors (Lipinski definition) is 6. The number of nitro groups is 1. The van der Waals surface area contributed by atoms with E-state index in [1.807, 2.05) is 19.2 Å². The summed E-state index contributed by atoms with van der Waals surface area (Å²) in [6, 6.07) is 3.26. The van der Waals surface area contributed by atoms with Crippen molar-refractivity contribution in [2.75, 3.05) is 17.3 Å². The van der Waals surface area contributed by atoms with Gasteiger partial charge in [-0.2, -0.15) is 17.0 Å². The highest BCUT2D eigenvalue weighted by molar-refractivity contribution is 7.98. The van der Waals surface area contributed by atoms with Gasteiger partial charge in [0.05, 0.1) is 4.92 Å². The fourth-order valence-electron chi connectivity index (χ4n) is 1.49. The second-order valence-electron chi connectivity index (χ2n) is 3.63. The van der Waals surface area contributed by atoms with Crippen molar-refractivity contribution in [1.82, 2.24) is 4.98 Å². The van der Waals surface area contributed by atoms with Crippen LogP contribution < -0.4 is 5.32 Å². The van der Waals surface area contributed by atoms with Crippen LogP contribution in [0.5, 0.6) is 0 Å². The number of nitrogens with zero attached hydrogens (tertiary/aromatic N) is 3. The van der Waals surface area contributed by atoms with Gasteiger partial charge in [0, 0.05) is 18.0 Å². The highest BCUT2D eigenvalue weighted by Gasteiger charge is 2.22. The topological polar surface area (TPSA) is 91.8 Å². The van der Waals surface area contributed by atoms with Gasteiger partial charge in [-0.05, 0) is 18.7 Å². The molecule has 0 saturated carbocycles. The first-order valence-corrected chi connectivity index (χ1v) is 6.82. The third-order valence-corrected chi connectivity index (χ3v) is 3.16. The van der Waals surface area contributed by atoms with Gasteiger partial charge < -0.3 is 5.32 Å². The second-order valence-corrected chi connectivity index (χ2v) is 4.54. The van der Waals surface area contributed by atoms with Crippen LogP contribution in [-0.2, 0) is 0 Å². The van der Waals surface area contributed by atoms with E-state index < -0.39 is 4.92 Å². The smallest absolute Gasteiger partial charge is 0.328 e. The van der Waals surface area contributed by atoms with Crippen LogP contribution in [0.4, 0.5) is 11.5 Å². The molecule has 1 atom stereocenters. The van der Waals surface area contributed by atoms with E-state index in [4.69, 9.17) is 5.26 Å². The fraction of sp³-hybridized carbons (Fsp3) is 0.455. The molecule has 0 amide bonds. The molecule has 1 aromatic rings. The molecule has 0 aromatic carbocycles. The van der Waals surface area contributed by atoms with Crippen LogP contribution in [0.2, 0.25) is 0 Å². The summed E-state index contributed by atoms with van der Waals surface area (Å²) in [6.45, 7) is 1.99. The van der Waals surface area contributed by atoms with Crippen LogP contribution in [0.1, 0.15) is 18.9 Å². The van der Waals surface area contributed by atoms with E-state index in [1.165, 1.54) is 12.3 Å². The summed E-state index contributed by atoms with van der Waals surface area (Å²) in [5, 5.41) is 22.9. The average molecular weight is 266 g/mol. The molecule has 96 valence electrons. The Morgan fingerprint density at radius 1 is 1.72 bits per heavy atom. The molecule has 0 saturated heterocycles. The van der Waals surface area contributed by atoms with E-state index >= 15 is 0 Å². The number of thioether (sulfide) groups is 1. The number of anilines is 1. The number of nitrogens with one attached hydrogen (secondary N) is 1. The lowest BCUT2D eigenvalue weighted by Gasteiger charge is -2.16. The maximum atomic E-state index is 11.0. The van der Waals surface area contributed by atoms with Crippen molar-refractivity contribution in [2.24, 2.45) is 0 Å². The minimum Gasteiger partial charge on any atom is -0.361 e. The predicted molar refractivity (Wildman–Crippen MR) is 71.7 cm³/mol. The van der Waals surface area contributed by atoms with Gasteiger partial charge in [0.2, 0.25) is 5.82 Å². The van der Waals surface area contributed by atoms with Gasteiger partial charge in [-0.25, -0.2) is 4.98 Å². The van der Waals surface area contributed by atoms with Gasteiger partial charge in [0.25, 0.3) is 0 Å². The van der Waals surface area contributed by atoms with Crippen molar-refractivity contribution in [3.05, 3.63) is 27.9 Å². The minimum absolute atomic E-state index is 0.0245. The molecule has 1 aromatic heterocycles. The van der Waals surface area contributed by atoms with Gasteiger partial charge in [0.15, 0.2) is 0 Å². The Balaban J connectivity index is 3.08. The highest BCUT2D eigenvalue weighted by Crippen LogP contribution is 2.26. The molecule has 0 spiro atoms. The first-order valence-electron chi connectivity index (χ1n) is 5.43.